The van der Waals surface area contributed by atoms with Gasteiger partial charge in [-0.15, -0.1) is 5.10 Å². The highest BCUT2D eigenvalue weighted by molar-refractivity contribution is 5.97. The van der Waals surface area contributed by atoms with Gasteiger partial charge in [0.1, 0.15) is 5.75 Å². The van der Waals surface area contributed by atoms with Gasteiger partial charge in [-0.2, -0.15) is 0 Å². The molecule has 2 aromatic rings. The molecule has 1 saturated carbocycles. The largest absolute Gasteiger partial charge is 0.493 e. The summed E-state index contributed by atoms with van der Waals surface area (Å²) >= 11 is 0. The molecule has 2 heterocycles. The van der Waals surface area contributed by atoms with Crippen LogP contribution in [0.25, 0.3) is 0 Å². The van der Waals surface area contributed by atoms with Gasteiger partial charge in [-0.25, -0.2) is 4.68 Å². The average molecular weight is 326 g/mol. The maximum absolute atomic E-state index is 12.8. The minimum absolute atomic E-state index is 0.0316. The molecule has 0 N–H and O–H groups in total. The quantitative estimate of drug-likeness (QED) is 0.847. The Hall–Kier alpha value is -2.37. The Balaban J connectivity index is 1.46. The zero-order chi connectivity index (χ0) is 16.5. The van der Waals surface area contributed by atoms with Crippen LogP contribution >= 0.6 is 0 Å². The predicted molar refractivity (Wildman–Crippen MR) is 89.2 cm³/mol. The number of aromatic nitrogens is 3. The Morgan fingerprint density at radius 2 is 2.12 bits per heavy atom. The molecule has 1 aromatic carbocycles. The predicted octanol–water partition coefficient (Wildman–Crippen LogP) is 2.64. The lowest BCUT2D eigenvalue weighted by Gasteiger charge is -2.18. The van der Waals surface area contributed by atoms with Crippen LogP contribution in [0.5, 0.6) is 5.75 Å². The van der Waals surface area contributed by atoms with Gasteiger partial charge in [0.15, 0.2) is 0 Å². The van der Waals surface area contributed by atoms with Crippen LogP contribution in [0.1, 0.15) is 54.2 Å². The molecule has 0 bridgehead atoms. The van der Waals surface area contributed by atoms with Gasteiger partial charge in [-0.1, -0.05) is 17.3 Å². The first-order chi connectivity index (χ1) is 11.8. The summed E-state index contributed by atoms with van der Waals surface area (Å²) in [6.07, 6.45) is 5.42. The molecule has 2 fully saturated rings. The first-order valence-corrected chi connectivity index (χ1v) is 8.69. The number of para-hydroxylation sites is 1. The van der Waals surface area contributed by atoms with E-state index in [1.807, 2.05) is 40.8 Å². The summed E-state index contributed by atoms with van der Waals surface area (Å²) in [5.41, 5.74) is 1.73. The van der Waals surface area contributed by atoms with Gasteiger partial charge in [0, 0.05) is 25.2 Å². The number of rotatable bonds is 5. The van der Waals surface area contributed by atoms with Gasteiger partial charge in [0.25, 0.3) is 5.91 Å². The number of nitrogens with zero attached hydrogens (tertiary/aromatic N) is 4. The van der Waals surface area contributed by atoms with E-state index in [0.717, 1.165) is 18.7 Å². The zero-order valence-electron chi connectivity index (χ0n) is 13.9. The number of amides is 1. The zero-order valence-corrected chi connectivity index (χ0v) is 13.9. The summed E-state index contributed by atoms with van der Waals surface area (Å²) in [5, 5.41) is 8.56. The monoisotopic (exact) mass is 326 g/mol. The van der Waals surface area contributed by atoms with Crippen LogP contribution in [-0.4, -0.2) is 45.5 Å². The molecule has 1 aliphatic heterocycles. The third kappa shape index (κ3) is 2.88. The number of hydrogen-bond acceptors (Lipinski definition) is 4. The molecular formula is C18H22N4O2. The van der Waals surface area contributed by atoms with E-state index in [4.69, 9.17) is 4.74 Å². The van der Waals surface area contributed by atoms with Crippen LogP contribution in [0.2, 0.25) is 0 Å². The Labute approximate surface area is 141 Å². The summed E-state index contributed by atoms with van der Waals surface area (Å²) < 4.78 is 7.53. The van der Waals surface area contributed by atoms with Crippen molar-refractivity contribution >= 4 is 5.91 Å². The van der Waals surface area contributed by atoms with Crippen molar-refractivity contribution in [3.63, 3.8) is 0 Å². The SMILES string of the molecule is CCOc1ccccc1C(=O)N1CCC(n2cc(C3CC3)nn2)C1. The second-order valence-corrected chi connectivity index (χ2v) is 6.52. The minimum Gasteiger partial charge on any atom is -0.493 e. The molecule has 1 aromatic heterocycles. The highest BCUT2D eigenvalue weighted by atomic mass is 16.5. The molecule has 126 valence electrons. The summed E-state index contributed by atoms with van der Waals surface area (Å²) in [4.78, 5) is 14.7. The van der Waals surface area contributed by atoms with E-state index in [0.29, 0.717) is 30.4 Å². The van der Waals surface area contributed by atoms with Gasteiger partial charge >= 0.3 is 0 Å². The maximum atomic E-state index is 12.8. The number of ether oxygens (including phenoxy) is 1. The first kappa shape index (κ1) is 15.2. The van der Waals surface area contributed by atoms with Gasteiger partial charge in [0.05, 0.1) is 23.9 Å². The molecule has 1 aliphatic carbocycles. The topological polar surface area (TPSA) is 60.2 Å². The van der Waals surface area contributed by atoms with Gasteiger partial charge in [-0.05, 0) is 38.3 Å². The summed E-state index contributed by atoms with van der Waals surface area (Å²) in [6.45, 7) is 3.89. The van der Waals surface area contributed by atoms with Gasteiger partial charge in [0.2, 0.25) is 0 Å². The highest BCUT2D eigenvalue weighted by Crippen LogP contribution is 2.39. The molecule has 6 nitrogen and oxygen atoms in total. The number of carbonyl (C=O) groups excluding carboxylic acids is 1. The third-order valence-electron chi connectivity index (χ3n) is 4.77. The van der Waals surface area contributed by atoms with E-state index < -0.39 is 0 Å². The van der Waals surface area contributed by atoms with Crippen molar-refractivity contribution in [2.24, 2.45) is 0 Å². The van der Waals surface area contributed by atoms with Crippen molar-refractivity contribution < 1.29 is 9.53 Å². The normalized spacial score (nSPS) is 20.4. The number of carbonyl (C=O) groups is 1. The Morgan fingerprint density at radius 1 is 1.29 bits per heavy atom. The van der Waals surface area contributed by atoms with E-state index in [-0.39, 0.29) is 11.9 Å². The van der Waals surface area contributed by atoms with Crippen LogP contribution in [0.3, 0.4) is 0 Å². The smallest absolute Gasteiger partial charge is 0.257 e. The molecule has 0 radical (unpaired) electrons. The van der Waals surface area contributed by atoms with E-state index >= 15 is 0 Å². The third-order valence-corrected chi connectivity index (χ3v) is 4.77. The lowest BCUT2D eigenvalue weighted by molar-refractivity contribution is 0.0783. The first-order valence-electron chi connectivity index (χ1n) is 8.69. The van der Waals surface area contributed by atoms with Crippen molar-refractivity contribution in [2.45, 2.75) is 38.1 Å². The van der Waals surface area contributed by atoms with Crippen molar-refractivity contribution in [2.75, 3.05) is 19.7 Å². The standard InChI is InChI=1S/C18H22N4O2/c1-2-24-17-6-4-3-5-15(17)18(23)21-10-9-14(11-21)22-12-16(19-20-22)13-7-8-13/h3-6,12-14H,2,7-11H2,1H3. The van der Waals surface area contributed by atoms with Crippen LogP contribution in [0, 0.1) is 0 Å². The average Bonchev–Trinajstić information content (AvgIpc) is 3.13. The molecule has 6 heteroatoms. The van der Waals surface area contributed by atoms with Crippen LogP contribution in [-0.2, 0) is 0 Å². The maximum Gasteiger partial charge on any atom is 0.257 e. The molecule has 24 heavy (non-hydrogen) atoms. The Bertz CT molecular complexity index is 738. The van der Waals surface area contributed by atoms with E-state index in [1.54, 1.807) is 0 Å². The summed E-state index contributed by atoms with van der Waals surface area (Å²) in [6, 6.07) is 7.67. The van der Waals surface area contributed by atoms with E-state index in [9.17, 15) is 4.79 Å². The van der Waals surface area contributed by atoms with Crippen molar-refractivity contribution in [1.82, 2.24) is 19.9 Å². The molecule has 1 atom stereocenters. The van der Waals surface area contributed by atoms with E-state index in [1.165, 1.54) is 12.8 Å². The minimum atomic E-state index is 0.0316. The molecular weight excluding hydrogens is 304 g/mol. The summed E-state index contributed by atoms with van der Waals surface area (Å²) in [5.74, 6) is 1.30. The summed E-state index contributed by atoms with van der Waals surface area (Å²) in [7, 11) is 0. The lowest BCUT2D eigenvalue weighted by Crippen LogP contribution is -2.29. The molecule has 1 amide bonds. The Kier molecular flexibility index (Phi) is 3.96. The van der Waals surface area contributed by atoms with Crippen molar-refractivity contribution in [3.8, 4) is 5.75 Å². The Morgan fingerprint density at radius 3 is 2.92 bits per heavy atom. The fourth-order valence-corrected chi connectivity index (χ4v) is 3.27. The van der Waals surface area contributed by atoms with Crippen LogP contribution in [0.4, 0.5) is 0 Å². The molecule has 0 spiro atoms. The fraction of sp³-hybridized carbons (Fsp3) is 0.500. The second-order valence-electron chi connectivity index (χ2n) is 6.52. The van der Waals surface area contributed by atoms with Gasteiger partial charge in [-0.3, -0.25) is 4.79 Å². The van der Waals surface area contributed by atoms with Crippen LogP contribution < -0.4 is 4.74 Å². The number of likely N-dealkylation sites (tertiary alicyclic amines) is 1. The number of benzene rings is 1. The van der Waals surface area contributed by atoms with Crippen molar-refractivity contribution in [3.05, 3.63) is 41.7 Å². The van der Waals surface area contributed by atoms with Crippen LogP contribution in [0.15, 0.2) is 30.5 Å². The molecule has 1 unspecified atom stereocenters. The number of hydrogen-bond donors (Lipinski definition) is 0. The molecule has 1 saturated heterocycles. The lowest BCUT2D eigenvalue weighted by atomic mass is 10.2. The second kappa shape index (κ2) is 6.26. The molecule has 4 rings (SSSR count). The van der Waals surface area contributed by atoms with E-state index in [2.05, 4.69) is 16.5 Å². The molecule has 2 aliphatic rings. The highest BCUT2D eigenvalue weighted by Gasteiger charge is 2.32. The van der Waals surface area contributed by atoms with Crippen molar-refractivity contribution in [1.29, 1.82) is 0 Å². The fourth-order valence-electron chi connectivity index (χ4n) is 3.27. The van der Waals surface area contributed by atoms with Gasteiger partial charge < -0.3 is 9.64 Å².